The smallest absolute Gasteiger partial charge is 0.165 e. The zero-order valence-electron chi connectivity index (χ0n) is 8.56. The molecule has 0 bridgehead atoms. The van der Waals surface area contributed by atoms with Crippen molar-refractivity contribution in [3.63, 3.8) is 0 Å². The summed E-state index contributed by atoms with van der Waals surface area (Å²) in [7, 11) is 0. The van der Waals surface area contributed by atoms with Crippen LogP contribution in [0.25, 0.3) is 0 Å². The van der Waals surface area contributed by atoms with Crippen molar-refractivity contribution in [2.45, 2.75) is 18.4 Å². The zero-order valence-corrected chi connectivity index (χ0v) is 8.56. The van der Waals surface area contributed by atoms with Crippen molar-refractivity contribution in [3.05, 3.63) is 23.5 Å². The minimum atomic E-state index is -0.764. The van der Waals surface area contributed by atoms with Crippen molar-refractivity contribution in [1.29, 1.82) is 0 Å². The van der Waals surface area contributed by atoms with E-state index in [4.69, 9.17) is 14.9 Å². The fourth-order valence-corrected chi connectivity index (χ4v) is 1.94. The molecule has 1 aliphatic rings. The van der Waals surface area contributed by atoms with Gasteiger partial charge in [-0.15, -0.1) is 0 Å². The molecule has 0 unspecified atom stereocenters. The Balaban J connectivity index is 2.24. The second kappa shape index (κ2) is 4.27. The summed E-state index contributed by atoms with van der Waals surface area (Å²) in [5, 5.41) is 27.5. The van der Waals surface area contributed by atoms with E-state index < -0.39 is 11.6 Å². The molecular weight excluding hydrogens is 215 g/mol. The highest BCUT2D eigenvalue weighted by Gasteiger charge is 2.28. The van der Waals surface area contributed by atoms with Crippen LogP contribution in [-0.2, 0) is 4.74 Å². The fraction of sp³-hybridized carbons (Fsp3) is 0.455. The maximum atomic E-state index is 13.1. The van der Waals surface area contributed by atoms with E-state index in [0.717, 1.165) is 12.1 Å². The highest BCUT2D eigenvalue weighted by atomic mass is 19.1. The lowest BCUT2D eigenvalue weighted by atomic mass is 9.95. The molecule has 0 saturated carbocycles. The standard InChI is InChI=1S/C11H13FO4/c12-9-2-8(10(14)3-11(9)15)6-1-7(4-13)16-5-6/h2-3,6-7,13-15H,1,4-5H2/t6-,7-/m1/s1. The summed E-state index contributed by atoms with van der Waals surface area (Å²) in [5.41, 5.74) is 0.409. The van der Waals surface area contributed by atoms with E-state index in [9.17, 15) is 9.50 Å². The number of phenolic OH excluding ortho intramolecular Hbond substituents is 2. The minimum Gasteiger partial charge on any atom is -0.508 e. The topological polar surface area (TPSA) is 69.9 Å². The van der Waals surface area contributed by atoms with Gasteiger partial charge in [-0.25, -0.2) is 4.39 Å². The van der Waals surface area contributed by atoms with Gasteiger partial charge >= 0.3 is 0 Å². The van der Waals surface area contributed by atoms with Gasteiger partial charge in [0.25, 0.3) is 0 Å². The van der Waals surface area contributed by atoms with Gasteiger partial charge in [0.15, 0.2) is 11.6 Å². The Labute approximate surface area is 91.9 Å². The van der Waals surface area contributed by atoms with E-state index in [2.05, 4.69) is 0 Å². The number of halogens is 1. The summed E-state index contributed by atoms with van der Waals surface area (Å²) in [4.78, 5) is 0. The molecule has 1 saturated heterocycles. The lowest BCUT2D eigenvalue weighted by molar-refractivity contribution is 0.0584. The molecule has 1 aromatic rings. The first kappa shape index (κ1) is 11.2. The molecule has 2 rings (SSSR count). The second-order valence-electron chi connectivity index (χ2n) is 3.93. The van der Waals surface area contributed by atoms with Gasteiger partial charge < -0.3 is 20.1 Å². The molecule has 88 valence electrons. The summed E-state index contributed by atoms with van der Waals surface area (Å²) in [5.74, 6) is -1.63. The van der Waals surface area contributed by atoms with E-state index in [0.29, 0.717) is 18.6 Å². The molecule has 4 nitrogen and oxygen atoms in total. The van der Waals surface area contributed by atoms with Gasteiger partial charge in [0.2, 0.25) is 0 Å². The second-order valence-corrected chi connectivity index (χ2v) is 3.93. The first-order chi connectivity index (χ1) is 7.61. The van der Waals surface area contributed by atoms with Crippen LogP contribution in [0.5, 0.6) is 11.5 Å². The van der Waals surface area contributed by atoms with Crippen LogP contribution in [0.1, 0.15) is 17.9 Å². The molecule has 2 atom stereocenters. The number of rotatable bonds is 2. The number of phenols is 2. The third kappa shape index (κ3) is 1.96. The molecule has 0 aliphatic carbocycles. The Bertz CT molecular complexity index is 394. The maximum Gasteiger partial charge on any atom is 0.165 e. The van der Waals surface area contributed by atoms with Crippen molar-refractivity contribution in [2.24, 2.45) is 0 Å². The van der Waals surface area contributed by atoms with Gasteiger partial charge in [0, 0.05) is 17.5 Å². The number of aliphatic hydroxyl groups is 1. The van der Waals surface area contributed by atoms with Gasteiger partial charge in [-0.2, -0.15) is 0 Å². The van der Waals surface area contributed by atoms with Crippen molar-refractivity contribution in [3.8, 4) is 11.5 Å². The third-order valence-electron chi connectivity index (χ3n) is 2.82. The van der Waals surface area contributed by atoms with Crippen LogP contribution >= 0.6 is 0 Å². The predicted octanol–water partition coefficient (Wildman–Crippen LogP) is 1.10. The SMILES string of the molecule is OC[C@H]1C[C@@H](c2cc(F)c(O)cc2O)CO1. The monoisotopic (exact) mass is 228 g/mol. The Morgan fingerprint density at radius 1 is 1.31 bits per heavy atom. The Kier molecular flexibility index (Phi) is 2.98. The normalized spacial score (nSPS) is 24.9. The average molecular weight is 228 g/mol. The first-order valence-corrected chi connectivity index (χ1v) is 5.05. The highest BCUT2D eigenvalue weighted by molar-refractivity contribution is 5.42. The van der Waals surface area contributed by atoms with E-state index in [1.807, 2.05) is 0 Å². The molecule has 0 aromatic heterocycles. The Hall–Kier alpha value is -1.33. The van der Waals surface area contributed by atoms with Crippen LogP contribution in [0.4, 0.5) is 4.39 Å². The predicted molar refractivity (Wildman–Crippen MR) is 53.9 cm³/mol. The van der Waals surface area contributed by atoms with Crippen molar-refractivity contribution >= 4 is 0 Å². The number of aromatic hydroxyl groups is 2. The summed E-state index contributed by atoms with van der Waals surface area (Å²) in [6.45, 7) is 0.251. The average Bonchev–Trinajstić information content (AvgIpc) is 2.71. The van der Waals surface area contributed by atoms with Crippen LogP contribution in [0.3, 0.4) is 0 Å². The molecular formula is C11H13FO4. The molecule has 0 radical (unpaired) electrons. The van der Waals surface area contributed by atoms with Crippen molar-refractivity contribution in [2.75, 3.05) is 13.2 Å². The molecule has 1 fully saturated rings. The number of hydrogen-bond donors (Lipinski definition) is 3. The highest BCUT2D eigenvalue weighted by Crippen LogP contribution is 2.37. The van der Waals surface area contributed by atoms with E-state index >= 15 is 0 Å². The number of hydrogen-bond acceptors (Lipinski definition) is 4. The van der Waals surface area contributed by atoms with Gasteiger partial charge in [-0.05, 0) is 12.5 Å². The zero-order chi connectivity index (χ0) is 11.7. The lowest BCUT2D eigenvalue weighted by Gasteiger charge is -2.11. The fourth-order valence-electron chi connectivity index (χ4n) is 1.94. The van der Waals surface area contributed by atoms with Crippen LogP contribution in [0, 0.1) is 5.82 Å². The molecule has 3 N–H and O–H groups in total. The molecule has 1 heterocycles. The largest absolute Gasteiger partial charge is 0.508 e. The number of benzene rings is 1. The molecule has 1 aromatic carbocycles. The lowest BCUT2D eigenvalue weighted by Crippen LogP contribution is -2.09. The minimum absolute atomic E-state index is 0.0855. The summed E-state index contributed by atoms with van der Waals surface area (Å²) in [6.07, 6.45) is 0.273. The first-order valence-electron chi connectivity index (χ1n) is 5.05. The van der Waals surface area contributed by atoms with Crippen LogP contribution in [0.2, 0.25) is 0 Å². The van der Waals surface area contributed by atoms with Gasteiger partial charge in [0.05, 0.1) is 19.3 Å². The Morgan fingerprint density at radius 2 is 2.06 bits per heavy atom. The van der Waals surface area contributed by atoms with Crippen LogP contribution in [0.15, 0.2) is 12.1 Å². The van der Waals surface area contributed by atoms with Gasteiger partial charge in [0.1, 0.15) is 5.75 Å². The summed E-state index contributed by atoms with van der Waals surface area (Å²) >= 11 is 0. The summed E-state index contributed by atoms with van der Waals surface area (Å²) < 4.78 is 18.4. The van der Waals surface area contributed by atoms with Crippen molar-refractivity contribution in [1.82, 2.24) is 0 Å². The van der Waals surface area contributed by atoms with Crippen molar-refractivity contribution < 1.29 is 24.4 Å². The van der Waals surface area contributed by atoms with E-state index in [1.165, 1.54) is 0 Å². The quantitative estimate of drug-likeness (QED) is 0.709. The van der Waals surface area contributed by atoms with Crippen LogP contribution < -0.4 is 0 Å². The molecule has 0 amide bonds. The third-order valence-corrected chi connectivity index (χ3v) is 2.82. The molecule has 1 aliphatic heterocycles. The molecule has 16 heavy (non-hydrogen) atoms. The van der Waals surface area contributed by atoms with Crippen LogP contribution in [-0.4, -0.2) is 34.6 Å². The molecule has 5 heteroatoms. The summed E-state index contributed by atoms with van der Waals surface area (Å²) in [6, 6.07) is 2.09. The van der Waals surface area contributed by atoms with E-state index in [-0.39, 0.29) is 24.4 Å². The van der Waals surface area contributed by atoms with E-state index in [1.54, 1.807) is 0 Å². The van der Waals surface area contributed by atoms with Gasteiger partial charge in [-0.1, -0.05) is 0 Å². The van der Waals surface area contributed by atoms with Gasteiger partial charge in [-0.3, -0.25) is 0 Å². The number of ether oxygens (including phenoxy) is 1. The maximum absolute atomic E-state index is 13.1. The number of aliphatic hydroxyl groups excluding tert-OH is 1. The Morgan fingerprint density at radius 3 is 2.69 bits per heavy atom. The molecule has 0 spiro atoms.